The number of hydrogen-bond donors (Lipinski definition) is 2. The molecule has 106 valence electrons. The van der Waals surface area contributed by atoms with Crippen molar-refractivity contribution in [3.05, 3.63) is 42.0 Å². The van der Waals surface area contributed by atoms with Crippen molar-refractivity contribution >= 4 is 28.3 Å². The molecular formula is C16H18ClNO2. The molecule has 0 spiro atoms. The predicted molar refractivity (Wildman–Crippen MR) is 82.5 cm³/mol. The number of benzene rings is 2. The van der Waals surface area contributed by atoms with Crippen LogP contribution >= 0.6 is 11.6 Å². The Kier molecular flexibility index (Phi) is 4.85. The molecule has 0 heterocycles. The van der Waals surface area contributed by atoms with Gasteiger partial charge in [-0.05, 0) is 24.3 Å². The van der Waals surface area contributed by atoms with E-state index in [1.807, 2.05) is 31.2 Å². The smallest absolute Gasteiger partial charge is 0.255 e. The molecule has 20 heavy (non-hydrogen) atoms. The van der Waals surface area contributed by atoms with Crippen LogP contribution in [0.4, 0.5) is 0 Å². The molecule has 1 amide bonds. The zero-order chi connectivity index (χ0) is 14.5. The topological polar surface area (TPSA) is 49.3 Å². The molecule has 0 radical (unpaired) electrons. The molecule has 4 heteroatoms. The summed E-state index contributed by atoms with van der Waals surface area (Å²) in [5.41, 5.74) is 0.303. The number of aromatic hydroxyl groups is 1. The van der Waals surface area contributed by atoms with Crippen molar-refractivity contribution in [3.8, 4) is 5.75 Å². The maximum absolute atomic E-state index is 12.2. The van der Waals surface area contributed by atoms with Gasteiger partial charge in [-0.3, -0.25) is 4.79 Å². The number of rotatable bonds is 5. The Morgan fingerprint density at radius 3 is 2.75 bits per heavy atom. The summed E-state index contributed by atoms with van der Waals surface area (Å²) in [7, 11) is 0. The second-order valence-corrected chi connectivity index (χ2v) is 5.12. The van der Waals surface area contributed by atoms with Crippen molar-refractivity contribution in [2.75, 3.05) is 5.88 Å². The third-order valence-electron chi connectivity index (χ3n) is 3.43. The minimum Gasteiger partial charge on any atom is -0.506 e. The van der Waals surface area contributed by atoms with Gasteiger partial charge >= 0.3 is 0 Å². The van der Waals surface area contributed by atoms with Crippen molar-refractivity contribution in [2.24, 2.45) is 0 Å². The average molecular weight is 292 g/mol. The molecule has 0 saturated heterocycles. The molecule has 3 nitrogen and oxygen atoms in total. The molecular weight excluding hydrogens is 274 g/mol. The van der Waals surface area contributed by atoms with E-state index in [1.165, 1.54) is 0 Å². The van der Waals surface area contributed by atoms with Crippen molar-refractivity contribution in [2.45, 2.75) is 25.8 Å². The molecule has 1 unspecified atom stereocenters. The minimum atomic E-state index is -0.259. The first-order valence-corrected chi connectivity index (χ1v) is 7.28. The van der Waals surface area contributed by atoms with Crippen LogP contribution in [0.15, 0.2) is 36.4 Å². The van der Waals surface area contributed by atoms with E-state index in [4.69, 9.17) is 11.6 Å². The minimum absolute atomic E-state index is 0.0290. The highest BCUT2D eigenvalue weighted by Gasteiger charge is 2.16. The molecule has 0 aliphatic carbocycles. The van der Waals surface area contributed by atoms with Crippen LogP contribution in [0, 0.1) is 0 Å². The van der Waals surface area contributed by atoms with Gasteiger partial charge in [0.15, 0.2) is 0 Å². The maximum atomic E-state index is 12.2. The second kappa shape index (κ2) is 6.62. The fourth-order valence-electron chi connectivity index (χ4n) is 2.21. The zero-order valence-corrected chi connectivity index (χ0v) is 12.2. The first-order valence-electron chi connectivity index (χ1n) is 6.75. The van der Waals surface area contributed by atoms with Gasteiger partial charge in [-0.25, -0.2) is 0 Å². The summed E-state index contributed by atoms with van der Waals surface area (Å²) in [6.45, 7) is 2.00. The van der Waals surface area contributed by atoms with Crippen LogP contribution in [0.2, 0.25) is 0 Å². The Balaban J connectivity index is 2.28. The van der Waals surface area contributed by atoms with Gasteiger partial charge in [-0.1, -0.05) is 37.3 Å². The van der Waals surface area contributed by atoms with Gasteiger partial charge in [0, 0.05) is 17.3 Å². The average Bonchev–Trinajstić information content (AvgIpc) is 2.47. The zero-order valence-electron chi connectivity index (χ0n) is 11.4. The normalized spacial score (nSPS) is 12.3. The highest BCUT2D eigenvalue weighted by molar-refractivity contribution is 6.17. The van der Waals surface area contributed by atoms with Crippen molar-refractivity contribution in [1.29, 1.82) is 0 Å². The summed E-state index contributed by atoms with van der Waals surface area (Å²) in [5.74, 6) is 0.272. The van der Waals surface area contributed by atoms with Crippen molar-refractivity contribution in [3.63, 3.8) is 0 Å². The fourth-order valence-corrected chi connectivity index (χ4v) is 2.47. The summed E-state index contributed by atoms with van der Waals surface area (Å²) >= 11 is 5.71. The maximum Gasteiger partial charge on any atom is 0.255 e. The Labute approximate surface area is 123 Å². The first kappa shape index (κ1) is 14.7. The van der Waals surface area contributed by atoms with Crippen LogP contribution in [0.25, 0.3) is 10.8 Å². The molecule has 1 atom stereocenters. The lowest BCUT2D eigenvalue weighted by molar-refractivity contribution is 0.0932. The first-order chi connectivity index (χ1) is 9.67. The fraction of sp³-hybridized carbons (Fsp3) is 0.312. The van der Waals surface area contributed by atoms with E-state index in [9.17, 15) is 9.90 Å². The van der Waals surface area contributed by atoms with Gasteiger partial charge < -0.3 is 10.4 Å². The number of carbonyl (C=O) groups is 1. The molecule has 0 bridgehead atoms. The van der Waals surface area contributed by atoms with Gasteiger partial charge in [-0.2, -0.15) is 0 Å². The van der Waals surface area contributed by atoms with E-state index in [-0.39, 0.29) is 17.7 Å². The number of fused-ring (bicyclic) bond motifs is 1. The van der Waals surface area contributed by atoms with Gasteiger partial charge in [-0.15, -0.1) is 11.6 Å². The highest BCUT2D eigenvalue weighted by atomic mass is 35.5. The van der Waals surface area contributed by atoms with Gasteiger partial charge in [0.05, 0.1) is 5.56 Å². The standard InChI is InChI=1S/C16H18ClNO2/c1-2-12(9-10-17)18-16(20)14-8-7-11-5-3-4-6-13(11)15(14)19/h3-8,12,19H,2,9-10H2,1H3,(H,18,20). The van der Waals surface area contributed by atoms with Crippen molar-refractivity contribution < 1.29 is 9.90 Å². The Bertz CT molecular complexity index is 612. The molecule has 2 rings (SSSR count). The Morgan fingerprint density at radius 2 is 2.05 bits per heavy atom. The predicted octanol–water partition coefficient (Wildman–Crippen LogP) is 3.68. The number of nitrogens with one attached hydrogen (secondary N) is 1. The van der Waals surface area contributed by atoms with Gasteiger partial charge in [0.1, 0.15) is 5.75 Å². The van der Waals surface area contributed by atoms with Crippen LogP contribution < -0.4 is 5.32 Å². The van der Waals surface area contributed by atoms with E-state index >= 15 is 0 Å². The van der Waals surface area contributed by atoms with Crippen LogP contribution in [0.3, 0.4) is 0 Å². The van der Waals surface area contributed by atoms with Gasteiger partial charge in [0.2, 0.25) is 0 Å². The van der Waals surface area contributed by atoms with Gasteiger partial charge in [0.25, 0.3) is 5.91 Å². The third-order valence-corrected chi connectivity index (χ3v) is 3.65. The number of phenolic OH excluding ortho intramolecular Hbond substituents is 1. The molecule has 2 N–H and O–H groups in total. The van der Waals surface area contributed by atoms with E-state index in [2.05, 4.69) is 5.32 Å². The van der Waals surface area contributed by atoms with E-state index in [1.54, 1.807) is 12.1 Å². The molecule has 0 aromatic heterocycles. The number of alkyl halides is 1. The Hall–Kier alpha value is -1.74. The number of amides is 1. The summed E-state index contributed by atoms with van der Waals surface area (Å²) in [5, 5.41) is 14.8. The largest absolute Gasteiger partial charge is 0.506 e. The lowest BCUT2D eigenvalue weighted by Crippen LogP contribution is -2.34. The number of phenols is 1. The molecule has 0 saturated carbocycles. The summed E-state index contributed by atoms with van der Waals surface area (Å²) in [6.07, 6.45) is 1.53. The lowest BCUT2D eigenvalue weighted by atomic mass is 10.0. The van der Waals surface area contributed by atoms with Crippen LogP contribution in [-0.2, 0) is 0 Å². The molecule has 2 aromatic carbocycles. The van der Waals surface area contributed by atoms with E-state index < -0.39 is 0 Å². The molecule has 0 aliphatic heterocycles. The monoisotopic (exact) mass is 291 g/mol. The molecule has 0 fully saturated rings. The number of hydrogen-bond acceptors (Lipinski definition) is 2. The summed E-state index contributed by atoms with van der Waals surface area (Å²) in [6, 6.07) is 11.0. The van der Waals surface area contributed by atoms with Crippen LogP contribution in [0.1, 0.15) is 30.1 Å². The van der Waals surface area contributed by atoms with Crippen LogP contribution in [0.5, 0.6) is 5.75 Å². The van der Waals surface area contributed by atoms with E-state index in [0.29, 0.717) is 16.8 Å². The quantitative estimate of drug-likeness (QED) is 0.826. The lowest BCUT2D eigenvalue weighted by Gasteiger charge is -2.16. The van der Waals surface area contributed by atoms with E-state index in [0.717, 1.165) is 18.2 Å². The molecule has 2 aromatic rings. The molecule has 0 aliphatic rings. The summed E-state index contributed by atoms with van der Waals surface area (Å²) < 4.78 is 0. The number of halogens is 1. The SMILES string of the molecule is CCC(CCCl)NC(=O)c1ccc2ccccc2c1O. The third kappa shape index (κ3) is 3.05. The van der Waals surface area contributed by atoms with Crippen LogP contribution in [-0.4, -0.2) is 22.9 Å². The Morgan fingerprint density at radius 1 is 1.30 bits per heavy atom. The van der Waals surface area contributed by atoms with Crippen molar-refractivity contribution in [1.82, 2.24) is 5.32 Å². The summed E-state index contributed by atoms with van der Waals surface area (Å²) in [4.78, 5) is 12.2. The second-order valence-electron chi connectivity index (χ2n) is 4.74. The number of carbonyl (C=O) groups excluding carboxylic acids is 1. The highest BCUT2D eigenvalue weighted by Crippen LogP contribution is 2.28.